The van der Waals surface area contributed by atoms with E-state index in [0.717, 1.165) is 0 Å². The summed E-state index contributed by atoms with van der Waals surface area (Å²) >= 11 is 0. The molecule has 5 nitrogen and oxygen atoms in total. The largest absolute Gasteiger partial charge is 0.460 e. The maximum Gasteiger partial charge on any atom is 0.383 e. The van der Waals surface area contributed by atoms with E-state index in [4.69, 9.17) is 0 Å². The van der Waals surface area contributed by atoms with Gasteiger partial charge in [-0.05, 0) is 12.1 Å². The van der Waals surface area contributed by atoms with Crippen molar-refractivity contribution in [3.8, 4) is 0 Å². The van der Waals surface area contributed by atoms with Gasteiger partial charge in [0.1, 0.15) is 0 Å². The molecule has 1 aromatic heterocycles. The van der Waals surface area contributed by atoms with E-state index in [1.165, 1.54) is 6.92 Å². The van der Waals surface area contributed by atoms with Gasteiger partial charge in [-0.15, -0.1) is 0 Å². The highest BCUT2D eigenvalue weighted by Crippen LogP contribution is 2.33. The fourth-order valence-corrected chi connectivity index (χ4v) is 0.731. The average Bonchev–Trinajstić information content (AvgIpc) is 2.67. The van der Waals surface area contributed by atoms with Crippen molar-refractivity contribution < 1.29 is 31.6 Å². The van der Waals surface area contributed by atoms with Crippen molar-refractivity contribution in [2.45, 2.75) is 19.3 Å². The normalized spacial score (nSPS) is 11.9. The van der Waals surface area contributed by atoms with Crippen LogP contribution < -0.4 is 0 Å². The number of hydrogen-bond acceptors (Lipinski definition) is 5. The quantitative estimate of drug-likeness (QED) is 0.592. The Hall–Kier alpha value is -1.67. The van der Waals surface area contributed by atoms with Gasteiger partial charge in [-0.3, -0.25) is 0 Å². The Morgan fingerprint density at radius 3 is 2.69 bits per heavy atom. The third-order valence-electron chi connectivity index (χ3n) is 1.44. The fraction of sp³-hybridized carbons (Fsp3) is 0.571. The van der Waals surface area contributed by atoms with Crippen molar-refractivity contribution in [2.75, 3.05) is 6.61 Å². The van der Waals surface area contributed by atoms with Gasteiger partial charge in [-0.25, -0.2) is 13.6 Å². The molecule has 0 aliphatic rings. The lowest BCUT2D eigenvalue weighted by Gasteiger charge is -2.08. The number of hydrogen-bond donors (Lipinski definition) is 0. The van der Waals surface area contributed by atoms with Gasteiger partial charge in [0.05, 0.1) is 6.61 Å². The summed E-state index contributed by atoms with van der Waals surface area (Å²) in [7, 11) is 0. The highest BCUT2D eigenvalue weighted by Gasteiger charge is 2.49. The molecule has 0 fully saturated rings. The molecule has 0 aromatic carbocycles. The Morgan fingerprint density at radius 2 is 2.19 bits per heavy atom. The van der Waals surface area contributed by atoms with Crippen LogP contribution in [-0.2, 0) is 10.7 Å². The number of nitrogens with zero attached hydrogens (tertiary/aromatic N) is 2. The van der Waals surface area contributed by atoms with Crippen LogP contribution in [0.4, 0.5) is 17.6 Å². The second-order valence-electron chi connectivity index (χ2n) is 2.57. The number of alkyl halides is 4. The Labute approximate surface area is 86.4 Å². The van der Waals surface area contributed by atoms with E-state index in [2.05, 4.69) is 19.4 Å². The minimum Gasteiger partial charge on any atom is -0.460 e. The summed E-state index contributed by atoms with van der Waals surface area (Å²) < 4.78 is 57.2. The molecular formula is C7H6F4N2O3. The molecule has 0 spiro atoms. The van der Waals surface area contributed by atoms with Gasteiger partial charge in [0, 0.05) is 0 Å². The maximum absolute atomic E-state index is 12.6. The minimum atomic E-state index is -4.59. The van der Waals surface area contributed by atoms with Gasteiger partial charge < -0.3 is 9.26 Å². The van der Waals surface area contributed by atoms with Crippen molar-refractivity contribution >= 4 is 5.97 Å². The van der Waals surface area contributed by atoms with Gasteiger partial charge in [-0.2, -0.15) is 13.8 Å². The SMILES string of the molecule is CCOC(=O)c1noc(C(F)(F)C(F)F)n1. The zero-order valence-corrected chi connectivity index (χ0v) is 7.92. The van der Waals surface area contributed by atoms with E-state index in [9.17, 15) is 22.4 Å². The van der Waals surface area contributed by atoms with Crippen molar-refractivity contribution in [3.05, 3.63) is 11.7 Å². The minimum absolute atomic E-state index is 0.0338. The fourth-order valence-electron chi connectivity index (χ4n) is 0.731. The van der Waals surface area contributed by atoms with Crippen molar-refractivity contribution in [1.82, 2.24) is 10.1 Å². The lowest BCUT2D eigenvalue weighted by Crippen LogP contribution is -2.24. The predicted octanol–water partition coefficient (Wildman–Crippen LogP) is 1.60. The number of halogens is 4. The maximum atomic E-state index is 12.6. The molecule has 0 radical (unpaired) electrons. The second-order valence-corrected chi connectivity index (χ2v) is 2.57. The molecule has 0 atom stereocenters. The molecule has 1 aromatic rings. The van der Waals surface area contributed by atoms with Gasteiger partial charge in [0.2, 0.25) is 0 Å². The van der Waals surface area contributed by atoms with Crippen molar-refractivity contribution in [1.29, 1.82) is 0 Å². The van der Waals surface area contributed by atoms with Gasteiger partial charge in [-0.1, -0.05) is 0 Å². The number of rotatable bonds is 4. The molecule has 0 amide bonds. The first-order valence-electron chi connectivity index (χ1n) is 4.06. The van der Waals surface area contributed by atoms with Gasteiger partial charge >= 0.3 is 24.2 Å². The first-order valence-corrected chi connectivity index (χ1v) is 4.06. The van der Waals surface area contributed by atoms with Crippen molar-refractivity contribution in [2.24, 2.45) is 0 Å². The Morgan fingerprint density at radius 1 is 1.56 bits per heavy atom. The number of carbonyl (C=O) groups is 1. The molecule has 0 bridgehead atoms. The average molecular weight is 242 g/mol. The molecule has 90 valence electrons. The van der Waals surface area contributed by atoms with E-state index in [1.807, 2.05) is 0 Å². The van der Waals surface area contributed by atoms with Crippen LogP contribution in [0.3, 0.4) is 0 Å². The summed E-state index contributed by atoms with van der Waals surface area (Å²) in [5, 5.41) is 2.81. The number of esters is 1. The third-order valence-corrected chi connectivity index (χ3v) is 1.44. The summed E-state index contributed by atoms with van der Waals surface area (Å²) in [6.07, 6.45) is -4.00. The summed E-state index contributed by atoms with van der Waals surface area (Å²) in [6, 6.07) is 0. The van der Waals surface area contributed by atoms with E-state index >= 15 is 0 Å². The molecule has 0 unspecified atom stereocenters. The molecule has 16 heavy (non-hydrogen) atoms. The van der Waals surface area contributed by atoms with E-state index < -0.39 is 30.0 Å². The molecule has 0 N–H and O–H groups in total. The molecule has 0 saturated heterocycles. The summed E-state index contributed by atoms with van der Waals surface area (Å²) in [4.78, 5) is 13.8. The van der Waals surface area contributed by atoms with Gasteiger partial charge in [0.15, 0.2) is 0 Å². The third kappa shape index (κ3) is 2.28. The standard InChI is InChI=1S/C7H6F4N2O3/c1-2-15-4(14)3-12-6(16-13-3)7(10,11)5(8)9/h5H,2H2,1H3. The van der Waals surface area contributed by atoms with Crippen LogP contribution in [0, 0.1) is 0 Å². The van der Waals surface area contributed by atoms with Crippen LogP contribution in [0.5, 0.6) is 0 Å². The smallest absolute Gasteiger partial charge is 0.383 e. The van der Waals surface area contributed by atoms with Crippen LogP contribution in [0.1, 0.15) is 23.4 Å². The van der Waals surface area contributed by atoms with Crippen molar-refractivity contribution in [3.63, 3.8) is 0 Å². The summed E-state index contributed by atoms with van der Waals surface area (Å²) in [6.45, 7) is 1.43. The number of carbonyl (C=O) groups excluding carboxylic acids is 1. The lowest BCUT2D eigenvalue weighted by atomic mass is 10.3. The zero-order valence-electron chi connectivity index (χ0n) is 7.92. The summed E-state index contributed by atoms with van der Waals surface area (Å²) in [5.41, 5.74) is 0. The Kier molecular flexibility index (Phi) is 3.45. The lowest BCUT2D eigenvalue weighted by molar-refractivity contribution is -0.152. The molecule has 0 saturated carbocycles. The molecule has 1 rings (SSSR count). The first-order chi connectivity index (χ1) is 7.39. The molecule has 0 aliphatic carbocycles. The highest BCUT2D eigenvalue weighted by atomic mass is 19.3. The molecule has 1 heterocycles. The molecule has 9 heteroatoms. The topological polar surface area (TPSA) is 65.2 Å². The highest BCUT2D eigenvalue weighted by molar-refractivity contribution is 5.84. The Bertz CT molecular complexity index is 379. The predicted molar refractivity (Wildman–Crippen MR) is 40.2 cm³/mol. The van der Waals surface area contributed by atoms with E-state index in [0.29, 0.717) is 0 Å². The van der Waals surface area contributed by atoms with E-state index in [-0.39, 0.29) is 6.61 Å². The second kappa shape index (κ2) is 4.45. The van der Waals surface area contributed by atoms with Crippen LogP contribution in [-0.4, -0.2) is 29.1 Å². The van der Waals surface area contributed by atoms with Crippen LogP contribution in [0.15, 0.2) is 4.52 Å². The van der Waals surface area contributed by atoms with Crippen LogP contribution in [0.2, 0.25) is 0 Å². The van der Waals surface area contributed by atoms with Gasteiger partial charge in [0.25, 0.3) is 5.82 Å². The van der Waals surface area contributed by atoms with Crippen LogP contribution in [0.25, 0.3) is 0 Å². The Balaban J connectivity index is 2.91. The molecular weight excluding hydrogens is 236 g/mol. The first kappa shape index (κ1) is 12.4. The number of aromatic nitrogens is 2. The summed E-state index contributed by atoms with van der Waals surface area (Å²) in [5.74, 6) is -8.15. The molecule has 0 aliphatic heterocycles. The monoisotopic (exact) mass is 242 g/mol. The number of ether oxygens (including phenoxy) is 1. The van der Waals surface area contributed by atoms with Crippen LogP contribution >= 0.6 is 0 Å². The van der Waals surface area contributed by atoms with E-state index in [1.54, 1.807) is 0 Å². The zero-order chi connectivity index (χ0) is 12.3.